The van der Waals surface area contributed by atoms with Gasteiger partial charge in [0.15, 0.2) is 5.78 Å². The molecule has 0 radical (unpaired) electrons. The number of carbonyl (C=O) groups excluding carboxylic acids is 5. The molecule has 282 valence electrons. The van der Waals surface area contributed by atoms with Gasteiger partial charge >= 0.3 is 0 Å². The Bertz CT molecular complexity index is 1280. The standard InChI is InChI=1S/C38H63N5O7/c1-12-24(6)33(42(9)38(48)32(23(4)5)41-37(47)31(39)22(2)3)29(49-10)21-30(44)43-20-16-19-28(43)35(50-11)25(7)36(46)40-26(8)34(45)27-17-14-13-15-18-27/h13-15,17-18,22-26,28-29,31-33,35H,12,16,19-21,39H2,1-11H3,(H,40,46)(H,41,47)/t24-,25+,26+,28-,29+,31-,32?,33-,35+/m0/s1. The van der Waals surface area contributed by atoms with E-state index in [1.54, 1.807) is 62.1 Å². The number of Topliss-reactive ketones (excluding diaryl/α,β-unsaturated/α-hetero) is 1. The summed E-state index contributed by atoms with van der Waals surface area (Å²) in [5.41, 5.74) is 6.60. The Morgan fingerprint density at radius 1 is 0.920 bits per heavy atom. The van der Waals surface area contributed by atoms with Crippen molar-refractivity contribution in [2.24, 2.45) is 29.4 Å². The van der Waals surface area contributed by atoms with Crippen LogP contribution in [-0.4, -0.2) is 109 Å². The third kappa shape index (κ3) is 10.8. The van der Waals surface area contributed by atoms with E-state index in [9.17, 15) is 24.0 Å². The van der Waals surface area contributed by atoms with E-state index >= 15 is 0 Å². The van der Waals surface area contributed by atoms with E-state index in [2.05, 4.69) is 10.6 Å². The van der Waals surface area contributed by atoms with Crippen molar-refractivity contribution >= 4 is 29.4 Å². The van der Waals surface area contributed by atoms with Crippen molar-refractivity contribution in [3.05, 3.63) is 35.9 Å². The minimum atomic E-state index is -0.805. The van der Waals surface area contributed by atoms with Gasteiger partial charge in [-0.1, -0.05) is 85.2 Å². The minimum absolute atomic E-state index is 0.0101. The molecule has 0 spiro atoms. The fourth-order valence-electron chi connectivity index (χ4n) is 6.85. The van der Waals surface area contributed by atoms with Gasteiger partial charge < -0.3 is 35.6 Å². The quantitative estimate of drug-likeness (QED) is 0.185. The van der Waals surface area contributed by atoms with E-state index in [4.69, 9.17) is 15.2 Å². The normalized spacial score (nSPS) is 19.6. The van der Waals surface area contributed by atoms with Crippen molar-refractivity contribution < 1.29 is 33.4 Å². The average Bonchev–Trinajstić information content (AvgIpc) is 3.58. The number of benzene rings is 1. The molecule has 1 unspecified atom stereocenters. The summed E-state index contributed by atoms with van der Waals surface area (Å²) in [6.45, 7) is 15.4. The van der Waals surface area contributed by atoms with Crippen LogP contribution in [0.3, 0.4) is 0 Å². The molecule has 0 bridgehead atoms. The second kappa shape index (κ2) is 19.9. The molecule has 12 nitrogen and oxygen atoms in total. The number of rotatable bonds is 19. The molecule has 1 aliphatic heterocycles. The van der Waals surface area contributed by atoms with E-state index in [1.165, 1.54) is 7.11 Å². The minimum Gasteiger partial charge on any atom is -0.379 e. The third-order valence-electron chi connectivity index (χ3n) is 10.3. The second-order valence-electron chi connectivity index (χ2n) is 14.5. The zero-order valence-electron chi connectivity index (χ0n) is 32.1. The zero-order valence-corrected chi connectivity index (χ0v) is 32.1. The van der Waals surface area contributed by atoms with Gasteiger partial charge in [0.2, 0.25) is 23.6 Å². The molecule has 0 aliphatic carbocycles. The Morgan fingerprint density at radius 3 is 2.06 bits per heavy atom. The van der Waals surface area contributed by atoms with Crippen LogP contribution in [0.15, 0.2) is 30.3 Å². The maximum Gasteiger partial charge on any atom is 0.245 e. The van der Waals surface area contributed by atoms with Crippen molar-refractivity contribution in [3.8, 4) is 0 Å². The van der Waals surface area contributed by atoms with Crippen LogP contribution < -0.4 is 16.4 Å². The van der Waals surface area contributed by atoms with E-state index in [0.29, 0.717) is 18.5 Å². The van der Waals surface area contributed by atoms with Gasteiger partial charge in [-0.25, -0.2) is 0 Å². The largest absolute Gasteiger partial charge is 0.379 e. The predicted molar refractivity (Wildman–Crippen MR) is 194 cm³/mol. The fraction of sp³-hybridized carbons (Fsp3) is 0.711. The lowest BCUT2D eigenvalue weighted by Gasteiger charge is -2.41. The third-order valence-corrected chi connectivity index (χ3v) is 10.3. The summed E-state index contributed by atoms with van der Waals surface area (Å²) in [6.07, 6.45) is 0.884. The predicted octanol–water partition coefficient (Wildman–Crippen LogP) is 3.42. The number of nitrogens with two attached hydrogens (primary N) is 1. The Morgan fingerprint density at radius 2 is 1.54 bits per heavy atom. The zero-order chi connectivity index (χ0) is 37.9. The van der Waals surface area contributed by atoms with Crippen molar-refractivity contribution in [3.63, 3.8) is 0 Å². The first-order valence-corrected chi connectivity index (χ1v) is 18.1. The topological polar surface area (TPSA) is 160 Å². The SMILES string of the molecule is CC[C@H](C)[C@@H]([C@@H](CC(=O)N1CCC[C@H]1[C@H](OC)[C@@H](C)C(=O)N[C@H](C)C(=O)c1ccccc1)OC)N(C)C(=O)C(NC(=O)[C@@H](N)C(C)C)C(C)C. The number of ether oxygens (including phenoxy) is 2. The van der Waals surface area contributed by atoms with Crippen LogP contribution in [0.25, 0.3) is 0 Å². The number of hydrogen-bond acceptors (Lipinski definition) is 8. The second-order valence-corrected chi connectivity index (χ2v) is 14.5. The number of likely N-dealkylation sites (N-methyl/N-ethyl adjacent to an activating group) is 1. The Balaban J connectivity index is 2.24. The Hall–Kier alpha value is -3.35. The van der Waals surface area contributed by atoms with Gasteiger partial charge in [-0.05, 0) is 37.5 Å². The summed E-state index contributed by atoms with van der Waals surface area (Å²) >= 11 is 0. The van der Waals surface area contributed by atoms with E-state index in [0.717, 1.165) is 12.8 Å². The van der Waals surface area contributed by atoms with E-state index in [1.807, 2.05) is 47.6 Å². The molecule has 1 aromatic rings. The van der Waals surface area contributed by atoms with Crippen LogP contribution in [0.2, 0.25) is 0 Å². The number of hydrogen-bond donors (Lipinski definition) is 3. The van der Waals surface area contributed by atoms with Crippen LogP contribution >= 0.6 is 0 Å². The van der Waals surface area contributed by atoms with Crippen LogP contribution in [0.1, 0.15) is 91.4 Å². The van der Waals surface area contributed by atoms with Gasteiger partial charge in [-0.15, -0.1) is 0 Å². The maximum absolute atomic E-state index is 14.1. The summed E-state index contributed by atoms with van der Waals surface area (Å²) < 4.78 is 11.8. The molecule has 0 aromatic heterocycles. The number of nitrogens with zero attached hydrogens (tertiary/aromatic N) is 2. The fourth-order valence-corrected chi connectivity index (χ4v) is 6.85. The first-order valence-electron chi connectivity index (χ1n) is 18.1. The summed E-state index contributed by atoms with van der Waals surface area (Å²) in [7, 11) is 4.77. The Labute approximate surface area is 299 Å². The highest BCUT2D eigenvalue weighted by atomic mass is 16.5. The molecule has 9 atom stereocenters. The van der Waals surface area contributed by atoms with E-state index in [-0.39, 0.29) is 59.6 Å². The molecular weight excluding hydrogens is 638 g/mol. The molecule has 12 heteroatoms. The summed E-state index contributed by atoms with van der Waals surface area (Å²) in [5, 5.41) is 5.70. The van der Waals surface area contributed by atoms with Crippen LogP contribution in [0, 0.1) is 23.7 Å². The summed E-state index contributed by atoms with van der Waals surface area (Å²) in [5.74, 6) is -2.32. The molecule has 4 amide bonds. The Kier molecular flexibility index (Phi) is 17.0. The van der Waals surface area contributed by atoms with Crippen molar-refractivity contribution in [2.75, 3.05) is 27.8 Å². The molecule has 1 heterocycles. The number of amides is 4. The molecule has 1 aliphatic rings. The number of likely N-dealkylation sites (tertiary alicyclic amines) is 1. The summed E-state index contributed by atoms with van der Waals surface area (Å²) in [6, 6.07) is 5.69. The smallest absolute Gasteiger partial charge is 0.245 e. The van der Waals surface area contributed by atoms with Gasteiger partial charge in [0.1, 0.15) is 6.04 Å². The molecule has 1 aromatic carbocycles. The van der Waals surface area contributed by atoms with E-state index < -0.39 is 42.3 Å². The van der Waals surface area contributed by atoms with Crippen LogP contribution in [0.4, 0.5) is 0 Å². The highest BCUT2D eigenvalue weighted by molar-refractivity contribution is 6.01. The maximum atomic E-state index is 14.1. The lowest BCUT2D eigenvalue weighted by molar-refractivity contribution is -0.147. The molecular formula is C38H63N5O7. The molecule has 1 fully saturated rings. The molecule has 50 heavy (non-hydrogen) atoms. The van der Waals surface area contributed by atoms with Crippen molar-refractivity contribution in [2.45, 2.75) is 123 Å². The average molecular weight is 702 g/mol. The van der Waals surface area contributed by atoms with Crippen molar-refractivity contribution in [1.29, 1.82) is 0 Å². The number of carbonyl (C=O) groups is 5. The number of nitrogens with one attached hydrogen (secondary N) is 2. The monoisotopic (exact) mass is 701 g/mol. The highest BCUT2D eigenvalue weighted by Crippen LogP contribution is 2.29. The van der Waals surface area contributed by atoms with Gasteiger partial charge in [0.25, 0.3) is 0 Å². The lowest BCUT2D eigenvalue weighted by atomic mass is 9.89. The van der Waals surface area contributed by atoms with Gasteiger partial charge in [-0.2, -0.15) is 0 Å². The first-order chi connectivity index (χ1) is 23.5. The van der Waals surface area contributed by atoms with Crippen LogP contribution in [0.5, 0.6) is 0 Å². The van der Waals surface area contributed by atoms with Gasteiger partial charge in [0.05, 0.1) is 48.7 Å². The number of ketones is 1. The molecule has 2 rings (SSSR count). The molecule has 4 N–H and O–H groups in total. The first kappa shape index (κ1) is 42.8. The highest BCUT2D eigenvalue weighted by Gasteiger charge is 2.43. The van der Waals surface area contributed by atoms with Gasteiger partial charge in [-0.3, -0.25) is 24.0 Å². The lowest BCUT2D eigenvalue weighted by Crippen LogP contribution is -2.59. The van der Waals surface area contributed by atoms with Crippen LogP contribution in [-0.2, 0) is 28.7 Å². The number of methoxy groups -OCH3 is 2. The molecule has 1 saturated heterocycles. The molecule has 0 saturated carbocycles. The van der Waals surface area contributed by atoms with Gasteiger partial charge in [0, 0.05) is 33.4 Å². The summed E-state index contributed by atoms with van der Waals surface area (Å²) in [4.78, 5) is 70.6. The van der Waals surface area contributed by atoms with Crippen molar-refractivity contribution in [1.82, 2.24) is 20.4 Å².